The van der Waals surface area contributed by atoms with Crippen LogP contribution in [0.5, 0.6) is 0 Å². The van der Waals surface area contributed by atoms with Crippen LogP contribution in [0.2, 0.25) is 10.0 Å². The molecular weight excluding hydrogens is 247 g/mol. The van der Waals surface area contributed by atoms with Crippen molar-refractivity contribution >= 4 is 23.2 Å². The summed E-state index contributed by atoms with van der Waals surface area (Å²) in [6.07, 6.45) is 4.77. The minimum Gasteiger partial charge on any atom is -0.392 e. The minimum atomic E-state index is -0.140. The second-order valence-electron chi connectivity index (χ2n) is 3.15. The zero-order chi connectivity index (χ0) is 11.5. The minimum absolute atomic E-state index is 0.140. The summed E-state index contributed by atoms with van der Waals surface area (Å²) in [4.78, 5) is 8.10. The van der Waals surface area contributed by atoms with Crippen molar-refractivity contribution in [2.24, 2.45) is 0 Å². The Labute approximate surface area is 103 Å². The Kier molecular flexibility index (Phi) is 3.39. The Bertz CT molecular complexity index is 503. The number of rotatable bonds is 2. The van der Waals surface area contributed by atoms with Crippen LogP contribution in [0.25, 0.3) is 11.3 Å². The van der Waals surface area contributed by atoms with Crippen LogP contribution in [0.15, 0.2) is 30.7 Å². The number of aliphatic hydroxyl groups is 1. The van der Waals surface area contributed by atoms with Crippen LogP contribution in [0.1, 0.15) is 5.56 Å². The fourth-order valence-electron chi connectivity index (χ4n) is 1.35. The van der Waals surface area contributed by atoms with Crippen molar-refractivity contribution in [3.8, 4) is 11.3 Å². The average molecular weight is 255 g/mol. The van der Waals surface area contributed by atoms with Crippen molar-refractivity contribution in [1.29, 1.82) is 0 Å². The normalized spacial score (nSPS) is 10.4. The van der Waals surface area contributed by atoms with Crippen LogP contribution in [0.4, 0.5) is 0 Å². The van der Waals surface area contributed by atoms with Crippen LogP contribution in [-0.4, -0.2) is 15.1 Å². The molecule has 0 spiro atoms. The van der Waals surface area contributed by atoms with Crippen LogP contribution < -0.4 is 0 Å². The Morgan fingerprint density at radius 2 is 1.94 bits per heavy atom. The van der Waals surface area contributed by atoms with Gasteiger partial charge < -0.3 is 5.11 Å². The Morgan fingerprint density at radius 1 is 1.12 bits per heavy atom. The van der Waals surface area contributed by atoms with Gasteiger partial charge in [-0.2, -0.15) is 0 Å². The van der Waals surface area contributed by atoms with E-state index in [1.807, 2.05) is 0 Å². The lowest BCUT2D eigenvalue weighted by molar-refractivity contribution is 0.282. The zero-order valence-electron chi connectivity index (χ0n) is 8.19. The lowest BCUT2D eigenvalue weighted by Crippen LogP contribution is -1.90. The van der Waals surface area contributed by atoms with Gasteiger partial charge in [-0.3, -0.25) is 9.97 Å². The summed E-state index contributed by atoms with van der Waals surface area (Å²) >= 11 is 12.1. The first kappa shape index (κ1) is 11.3. The lowest BCUT2D eigenvalue weighted by Gasteiger charge is -2.07. The molecule has 0 saturated heterocycles. The quantitative estimate of drug-likeness (QED) is 0.897. The molecule has 0 aliphatic heterocycles. The van der Waals surface area contributed by atoms with Gasteiger partial charge in [0.1, 0.15) is 0 Å². The maximum Gasteiger partial charge on any atom is 0.0900 e. The van der Waals surface area contributed by atoms with E-state index in [4.69, 9.17) is 28.3 Å². The molecule has 0 atom stereocenters. The van der Waals surface area contributed by atoms with Crippen LogP contribution >= 0.6 is 23.2 Å². The number of hydrogen-bond donors (Lipinski definition) is 1. The standard InChI is InChI=1S/C11H8Cl2N2O/c12-10-7(6-16)1-2-8(11(10)13)9-5-14-3-4-15-9/h1-5,16H,6H2. The van der Waals surface area contributed by atoms with E-state index in [1.165, 1.54) is 0 Å². The van der Waals surface area contributed by atoms with Gasteiger partial charge in [0.25, 0.3) is 0 Å². The molecule has 0 aliphatic rings. The van der Waals surface area contributed by atoms with E-state index in [0.717, 1.165) is 0 Å². The van der Waals surface area contributed by atoms with Crippen molar-refractivity contribution in [2.75, 3.05) is 0 Å². The molecule has 0 bridgehead atoms. The molecular formula is C11H8Cl2N2O. The highest BCUT2D eigenvalue weighted by Crippen LogP contribution is 2.34. The van der Waals surface area contributed by atoms with E-state index in [9.17, 15) is 0 Å². The fourth-order valence-corrected chi connectivity index (χ4v) is 1.85. The molecule has 0 aliphatic carbocycles. The molecule has 1 aromatic heterocycles. The fraction of sp³-hybridized carbons (Fsp3) is 0.0909. The van der Waals surface area contributed by atoms with E-state index in [2.05, 4.69) is 9.97 Å². The highest BCUT2D eigenvalue weighted by molar-refractivity contribution is 6.44. The second-order valence-corrected chi connectivity index (χ2v) is 3.90. The Hall–Kier alpha value is -1.16. The first-order valence-electron chi connectivity index (χ1n) is 4.58. The van der Waals surface area contributed by atoms with Crippen LogP contribution in [-0.2, 0) is 6.61 Å². The van der Waals surface area contributed by atoms with E-state index < -0.39 is 0 Å². The predicted octanol–water partition coefficient (Wildman–Crippen LogP) is 2.94. The summed E-state index contributed by atoms with van der Waals surface area (Å²) < 4.78 is 0. The van der Waals surface area contributed by atoms with Gasteiger partial charge in [0.15, 0.2) is 0 Å². The van der Waals surface area contributed by atoms with Gasteiger partial charge in [0.05, 0.1) is 28.5 Å². The molecule has 0 radical (unpaired) electrons. The lowest BCUT2D eigenvalue weighted by atomic mass is 10.1. The number of aromatic nitrogens is 2. The number of halogens is 2. The second kappa shape index (κ2) is 4.78. The first-order chi connectivity index (χ1) is 7.74. The van der Waals surface area contributed by atoms with Gasteiger partial charge in [-0.05, 0) is 5.56 Å². The predicted molar refractivity (Wildman–Crippen MR) is 63.4 cm³/mol. The molecule has 0 saturated carbocycles. The topological polar surface area (TPSA) is 46.0 Å². The van der Waals surface area contributed by atoms with Gasteiger partial charge in [-0.25, -0.2) is 0 Å². The molecule has 0 fully saturated rings. The summed E-state index contributed by atoms with van der Waals surface area (Å²) in [6.45, 7) is -0.140. The Balaban J connectivity index is 2.56. The number of nitrogens with zero attached hydrogens (tertiary/aromatic N) is 2. The third-order valence-corrected chi connectivity index (χ3v) is 3.09. The molecule has 2 rings (SSSR count). The smallest absolute Gasteiger partial charge is 0.0900 e. The first-order valence-corrected chi connectivity index (χ1v) is 5.33. The highest BCUT2D eigenvalue weighted by Gasteiger charge is 2.11. The van der Waals surface area contributed by atoms with Gasteiger partial charge >= 0.3 is 0 Å². The molecule has 1 heterocycles. The third kappa shape index (κ3) is 2.02. The van der Waals surface area contributed by atoms with Crippen molar-refractivity contribution in [2.45, 2.75) is 6.61 Å². The molecule has 1 N–H and O–H groups in total. The number of benzene rings is 1. The third-order valence-electron chi connectivity index (χ3n) is 2.17. The van der Waals surface area contributed by atoms with E-state index in [-0.39, 0.29) is 6.61 Å². The Morgan fingerprint density at radius 3 is 2.56 bits per heavy atom. The maximum atomic E-state index is 9.03. The van der Waals surface area contributed by atoms with Crippen molar-refractivity contribution in [1.82, 2.24) is 9.97 Å². The molecule has 82 valence electrons. The summed E-state index contributed by atoms with van der Waals surface area (Å²) in [5, 5.41) is 9.77. The van der Waals surface area contributed by atoms with E-state index in [1.54, 1.807) is 30.7 Å². The largest absolute Gasteiger partial charge is 0.392 e. The van der Waals surface area contributed by atoms with E-state index >= 15 is 0 Å². The molecule has 2 aromatic rings. The van der Waals surface area contributed by atoms with E-state index in [0.29, 0.717) is 26.9 Å². The molecule has 5 heteroatoms. The van der Waals surface area contributed by atoms with Crippen LogP contribution in [0, 0.1) is 0 Å². The number of aliphatic hydroxyl groups excluding tert-OH is 1. The zero-order valence-corrected chi connectivity index (χ0v) is 9.70. The molecule has 1 aromatic carbocycles. The summed E-state index contributed by atoms with van der Waals surface area (Å²) in [5.74, 6) is 0. The van der Waals surface area contributed by atoms with Crippen molar-refractivity contribution in [3.05, 3.63) is 46.3 Å². The van der Waals surface area contributed by atoms with Gasteiger partial charge in [0, 0.05) is 18.0 Å². The highest BCUT2D eigenvalue weighted by atomic mass is 35.5. The van der Waals surface area contributed by atoms with Crippen molar-refractivity contribution in [3.63, 3.8) is 0 Å². The van der Waals surface area contributed by atoms with Gasteiger partial charge in [-0.1, -0.05) is 35.3 Å². The summed E-state index contributed by atoms with van der Waals surface area (Å²) in [7, 11) is 0. The van der Waals surface area contributed by atoms with Gasteiger partial charge in [-0.15, -0.1) is 0 Å². The summed E-state index contributed by atoms with van der Waals surface area (Å²) in [6, 6.07) is 3.49. The summed E-state index contributed by atoms with van der Waals surface area (Å²) in [5.41, 5.74) is 1.95. The number of hydrogen-bond acceptors (Lipinski definition) is 3. The molecule has 0 amide bonds. The van der Waals surface area contributed by atoms with Gasteiger partial charge in [0.2, 0.25) is 0 Å². The maximum absolute atomic E-state index is 9.03. The SMILES string of the molecule is OCc1ccc(-c2cnccn2)c(Cl)c1Cl. The van der Waals surface area contributed by atoms with Crippen LogP contribution in [0.3, 0.4) is 0 Å². The van der Waals surface area contributed by atoms with Crippen molar-refractivity contribution < 1.29 is 5.11 Å². The molecule has 16 heavy (non-hydrogen) atoms. The molecule has 3 nitrogen and oxygen atoms in total. The average Bonchev–Trinajstić information content (AvgIpc) is 2.34. The monoisotopic (exact) mass is 254 g/mol. The molecule has 0 unspecified atom stereocenters.